The number of pyridine rings is 1. The number of hydrogen-bond acceptors (Lipinski definition) is 10. The molecule has 39 heavy (non-hydrogen) atoms. The van der Waals surface area contributed by atoms with Gasteiger partial charge in [-0.2, -0.15) is 0 Å². The molecular weight excluding hydrogens is 507 g/mol. The molecule has 6 rings (SSSR count). The molecule has 0 aliphatic carbocycles. The van der Waals surface area contributed by atoms with Crippen LogP contribution in [0.25, 0.3) is 10.9 Å². The number of anilines is 3. The van der Waals surface area contributed by atoms with Gasteiger partial charge in [-0.1, -0.05) is 0 Å². The molecule has 206 valence electrons. The average Bonchev–Trinajstić information content (AvgIpc) is 2.96. The maximum Gasteiger partial charge on any atom is 0.275 e. The molecule has 1 atom stereocenters. The first-order valence-electron chi connectivity index (χ1n) is 13.1. The first kappa shape index (κ1) is 25.3. The Labute approximate surface area is 224 Å². The molecule has 3 aliphatic rings. The molecule has 2 fully saturated rings. The number of nitrogens with one attached hydrogen (secondary N) is 2. The summed E-state index contributed by atoms with van der Waals surface area (Å²) in [4.78, 5) is 41.3. The maximum absolute atomic E-state index is 15.6. The second-order valence-corrected chi connectivity index (χ2v) is 10.1. The molecule has 1 amide bonds. The lowest BCUT2D eigenvalue weighted by molar-refractivity contribution is 0.0960. The molecule has 13 heteroatoms. The minimum absolute atomic E-state index is 0.107. The van der Waals surface area contributed by atoms with Crippen LogP contribution in [0.15, 0.2) is 29.5 Å². The lowest BCUT2D eigenvalue weighted by Crippen LogP contribution is -2.45. The van der Waals surface area contributed by atoms with E-state index in [1.54, 1.807) is 6.07 Å². The van der Waals surface area contributed by atoms with E-state index in [0.717, 1.165) is 13.1 Å². The van der Waals surface area contributed by atoms with Crippen LogP contribution < -0.4 is 30.8 Å². The number of morpholine rings is 1. The summed E-state index contributed by atoms with van der Waals surface area (Å²) in [6, 6.07) is 2.78. The van der Waals surface area contributed by atoms with Crippen molar-refractivity contribution in [2.45, 2.75) is 13.0 Å². The van der Waals surface area contributed by atoms with Gasteiger partial charge in [0.15, 0.2) is 11.6 Å². The van der Waals surface area contributed by atoms with Gasteiger partial charge in [0.25, 0.3) is 5.91 Å². The SMILES string of the molecule is CC1COc2c(N3CCN(C)CC3)c(F)cc3c(=O)c(C(=O)NNc4cc(N5CCOCC5)ncn4)cn1c23. The van der Waals surface area contributed by atoms with Gasteiger partial charge in [-0.25, -0.2) is 14.4 Å². The number of halogens is 1. The third-order valence-corrected chi connectivity index (χ3v) is 7.50. The van der Waals surface area contributed by atoms with E-state index in [-0.39, 0.29) is 17.0 Å². The molecule has 2 aromatic heterocycles. The van der Waals surface area contributed by atoms with E-state index < -0.39 is 17.2 Å². The van der Waals surface area contributed by atoms with Crippen molar-refractivity contribution in [2.75, 3.05) is 81.4 Å². The van der Waals surface area contributed by atoms with Gasteiger partial charge in [0.05, 0.1) is 30.2 Å². The van der Waals surface area contributed by atoms with E-state index in [1.807, 2.05) is 23.4 Å². The number of carbonyl (C=O) groups is 1. The zero-order valence-corrected chi connectivity index (χ0v) is 21.9. The van der Waals surface area contributed by atoms with E-state index in [2.05, 4.69) is 30.6 Å². The number of amides is 1. The number of ether oxygens (including phenoxy) is 2. The summed E-state index contributed by atoms with van der Waals surface area (Å²) >= 11 is 0. The van der Waals surface area contributed by atoms with Crippen LogP contribution in [-0.2, 0) is 4.74 Å². The van der Waals surface area contributed by atoms with Crippen LogP contribution in [0.5, 0.6) is 5.75 Å². The van der Waals surface area contributed by atoms with Crippen molar-refractivity contribution in [1.82, 2.24) is 24.9 Å². The average molecular weight is 539 g/mol. The monoisotopic (exact) mass is 538 g/mol. The first-order valence-corrected chi connectivity index (χ1v) is 13.1. The number of likely N-dealkylation sites (N-methyl/N-ethyl adjacent to an activating group) is 1. The van der Waals surface area contributed by atoms with Crippen LogP contribution in [0.4, 0.5) is 21.7 Å². The fourth-order valence-corrected chi connectivity index (χ4v) is 5.27. The first-order chi connectivity index (χ1) is 18.9. The van der Waals surface area contributed by atoms with Crippen LogP contribution >= 0.6 is 0 Å². The summed E-state index contributed by atoms with van der Waals surface area (Å²) in [6.45, 7) is 7.75. The summed E-state index contributed by atoms with van der Waals surface area (Å²) in [5.74, 6) is 0.238. The molecule has 0 spiro atoms. The number of rotatable bonds is 5. The van der Waals surface area contributed by atoms with Gasteiger partial charge >= 0.3 is 0 Å². The molecule has 2 saturated heterocycles. The van der Waals surface area contributed by atoms with Crippen LogP contribution in [0, 0.1) is 5.82 Å². The molecule has 5 heterocycles. The van der Waals surface area contributed by atoms with E-state index in [0.29, 0.717) is 74.6 Å². The normalized spacial score (nSPS) is 19.6. The van der Waals surface area contributed by atoms with Crippen LogP contribution in [0.2, 0.25) is 0 Å². The maximum atomic E-state index is 15.6. The molecule has 1 aromatic carbocycles. The van der Waals surface area contributed by atoms with Gasteiger partial charge in [0.1, 0.15) is 35.8 Å². The van der Waals surface area contributed by atoms with Gasteiger partial charge < -0.3 is 28.7 Å². The standard InChI is InChI=1S/C26H31FN8O4/c1-16-14-39-25-22-17(11-19(27)23(25)34-5-3-32(2)4-6-34)24(36)18(13-35(16)22)26(37)31-30-20-12-21(29-15-28-20)33-7-9-38-10-8-33/h11-13,15-16H,3-10,14H2,1-2H3,(H,31,37)(H,28,29,30). The van der Waals surface area contributed by atoms with Gasteiger partial charge in [-0.15, -0.1) is 0 Å². The summed E-state index contributed by atoms with van der Waals surface area (Å²) in [5, 5.41) is 0.108. The highest BCUT2D eigenvalue weighted by Crippen LogP contribution is 2.42. The minimum Gasteiger partial charge on any atom is -0.487 e. The third kappa shape index (κ3) is 4.72. The number of hydrogen-bond donors (Lipinski definition) is 2. The predicted octanol–water partition coefficient (Wildman–Crippen LogP) is 1.23. The van der Waals surface area contributed by atoms with Gasteiger partial charge in [0.2, 0.25) is 5.43 Å². The van der Waals surface area contributed by atoms with Crippen LogP contribution in [0.3, 0.4) is 0 Å². The van der Waals surface area contributed by atoms with Gasteiger partial charge in [-0.3, -0.25) is 20.4 Å². The Morgan fingerprint density at radius 1 is 1.08 bits per heavy atom. The molecule has 0 radical (unpaired) electrons. The number of carbonyl (C=O) groups excluding carboxylic acids is 1. The van der Waals surface area contributed by atoms with Gasteiger partial charge in [-0.05, 0) is 20.0 Å². The summed E-state index contributed by atoms with van der Waals surface area (Å²) in [5.41, 5.74) is 5.53. The fourth-order valence-electron chi connectivity index (χ4n) is 5.27. The molecule has 2 N–H and O–H groups in total. The van der Waals surface area contributed by atoms with Crippen molar-refractivity contribution in [1.29, 1.82) is 0 Å². The quantitative estimate of drug-likeness (QED) is 0.460. The Bertz CT molecular complexity index is 1470. The second-order valence-electron chi connectivity index (χ2n) is 10.1. The highest BCUT2D eigenvalue weighted by Gasteiger charge is 2.31. The highest BCUT2D eigenvalue weighted by molar-refractivity contribution is 6.00. The zero-order chi connectivity index (χ0) is 27.1. The van der Waals surface area contributed by atoms with Crippen molar-refractivity contribution < 1.29 is 18.7 Å². The van der Waals surface area contributed by atoms with Crippen LogP contribution in [-0.4, -0.2) is 91.5 Å². The zero-order valence-electron chi connectivity index (χ0n) is 21.9. The predicted molar refractivity (Wildman–Crippen MR) is 144 cm³/mol. The molecule has 12 nitrogen and oxygen atoms in total. The molecule has 1 unspecified atom stereocenters. The van der Waals surface area contributed by atoms with Crippen molar-refractivity contribution in [2.24, 2.45) is 0 Å². The highest BCUT2D eigenvalue weighted by atomic mass is 19.1. The lowest BCUT2D eigenvalue weighted by Gasteiger charge is -2.37. The minimum atomic E-state index is -0.652. The van der Waals surface area contributed by atoms with E-state index in [4.69, 9.17) is 9.47 Å². The second kappa shape index (κ2) is 10.3. The Hall–Kier alpha value is -3.97. The number of piperazine rings is 1. The van der Waals surface area contributed by atoms with Crippen LogP contribution in [0.1, 0.15) is 23.3 Å². The Kier molecular flexibility index (Phi) is 6.69. The largest absolute Gasteiger partial charge is 0.487 e. The lowest BCUT2D eigenvalue weighted by atomic mass is 10.0. The number of aromatic nitrogens is 3. The number of nitrogens with zero attached hydrogens (tertiary/aromatic N) is 6. The van der Waals surface area contributed by atoms with Gasteiger partial charge in [0, 0.05) is 51.5 Å². The number of benzene rings is 1. The van der Waals surface area contributed by atoms with Crippen molar-refractivity contribution >= 4 is 34.1 Å². The summed E-state index contributed by atoms with van der Waals surface area (Å²) < 4.78 is 28.8. The molecule has 0 saturated carbocycles. The fraction of sp³-hybridized carbons (Fsp3) is 0.462. The summed E-state index contributed by atoms with van der Waals surface area (Å²) in [7, 11) is 2.03. The molecule has 3 aliphatic heterocycles. The third-order valence-electron chi connectivity index (χ3n) is 7.50. The van der Waals surface area contributed by atoms with E-state index in [1.165, 1.54) is 18.6 Å². The summed E-state index contributed by atoms with van der Waals surface area (Å²) in [6.07, 6.45) is 2.93. The Balaban J connectivity index is 1.30. The topological polar surface area (TPSA) is 117 Å². The van der Waals surface area contributed by atoms with Crippen molar-refractivity contribution in [3.63, 3.8) is 0 Å². The Morgan fingerprint density at radius 2 is 1.85 bits per heavy atom. The number of hydrazine groups is 1. The molecular formula is C26H31FN8O4. The van der Waals surface area contributed by atoms with Crippen molar-refractivity contribution in [3.05, 3.63) is 46.3 Å². The smallest absolute Gasteiger partial charge is 0.275 e. The van der Waals surface area contributed by atoms with E-state index >= 15 is 4.39 Å². The molecule has 0 bridgehead atoms. The Morgan fingerprint density at radius 3 is 2.62 bits per heavy atom. The van der Waals surface area contributed by atoms with Crippen molar-refractivity contribution in [3.8, 4) is 5.75 Å². The molecule has 3 aromatic rings. The van der Waals surface area contributed by atoms with E-state index in [9.17, 15) is 9.59 Å².